The molecule has 2 aromatic rings. The van der Waals surface area contributed by atoms with Gasteiger partial charge in [0, 0.05) is 19.7 Å². The Morgan fingerprint density at radius 1 is 1.43 bits per heavy atom. The van der Waals surface area contributed by atoms with Crippen molar-refractivity contribution in [1.29, 1.82) is 0 Å². The van der Waals surface area contributed by atoms with Crippen LogP contribution in [0.4, 0.5) is 0 Å². The average molecular weight is 312 g/mol. The summed E-state index contributed by atoms with van der Waals surface area (Å²) in [6.07, 6.45) is 0.930. The van der Waals surface area contributed by atoms with Crippen LogP contribution in [0.3, 0.4) is 0 Å². The van der Waals surface area contributed by atoms with Gasteiger partial charge < -0.3 is 9.52 Å². The lowest BCUT2D eigenvalue weighted by Gasteiger charge is -2.31. The van der Waals surface area contributed by atoms with Crippen LogP contribution in [0.5, 0.6) is 0 Å². The zero-order chi connectivity index (χ0) is 15.2. The predicted octanol–water partition coefficient (Wildman–Crippen LogP) is 0.181. The molecule has 8 heteroatoms. The molecule has 0 bridgehead atoms. The Bertz CT molecular complexity index is 830. The Morgan fingerprint density at radius 2 is 2.14 bits per heavy atom. The van der Waals surface area contributed by atoms with Gasteiger partial charge in [-0.05, 0) is 30.9 Å². The molecular formula is C13H16N2O5S. The molecule has 0 amide bonds. The molecule has 0 saturated heterocycles. The molecule has 1 aliphatic rings. The molecular weight excluding hydrogens is 296 g/mol. The molecule has 2 N–H and O–H groups in total. The topological polar surface area (TPSA) is 102 Å². The number of oxazole rings is 1. The first kappa shape index (κ1) is 14.3. The Kier molecular flexibility index (Phi) is 3.39. The Hall–Kier alpha value is -1.64. The highest BCUT2D eigenvalue weighted by molar-refractivity contribution is 7.89. The van der Waals surface area contributed by atoms with Gasteiger partial charge in [-0.1, -0.05) is 0 Å². The van der Waals surface area contributed by atoms with Gasteiger partial charge in [-0.25, -0.2) is 17.9 Å². The standard InChI is InChI=1S/C13H16N2O5S/c1-15-11-3-2-10(6-12(11)20-13(15)17)21(18,19)14-7-8-4-9(16)5-8/h2-3,6,8-9,14,16H,4-5,7H2,1H3. The molecule has 3 rings (SSSR count). The third kappa shape index (κ3) is 2.61. The van der Waals surface area contributed by atoms with E-state index in [4.69, 9.17) is 4.42 Å². The number of hydrogen-bond donors (Lipinski definition) is 2. The molecule has 0 atom stereocenters. The molecule has 0 aliphatic heterocycles. The number of aliphatic hydroxyl groups is 1. The Balaban J connectivity index is 1.83. The number of aliphatic hydroxyl groups excluding tert-OH is 1. The number of rotatable bonds is 4. The fourth-order valence-electron chi connectivity index (χ4n) is 2.46. The molecule has 0 unspecified atom stereocenters. The van der Waals surface area contributed by atoms with Crippen LogP contribution in [-0.2, 0) is 17.1 Å². The minimum atomic E-state index is -3.65. The van der Waals surface area contributed by atoms with Crippen molar-refractivity contribution in [3.05, 3.63) is 28.7 Å². The lowest BCUT2D eigenvalue weighted by atomic mass is 9.83. The second-order valence-electron chi connectivity index (χ2n) is 5.40. The van der Waals surface area contributed by atoms with Crippen molar-refractivity contribution in [2.45, 2.75) is 23.8 Å². The maximum absolute atomic E-state index is 12.2. The van der Waals surface area contributed by atoms with Crippen molar-refractivity contribution < 1.29 is 17.9 Å². The van der Waals surface area contributed by atoms with Gasteiger partial charge in [0.2, 0.25) is 10.0 Å². The molecule has 7 nitrogen and oxygen atoms in total. The van der Waals surface area contributed by atoms with Gasteiger partial charge in [-0.15, -0.1) is 0 Å². The number of nitrogens with one attached hydrogen (secondary N) is 1. The van der Waals surface area contributed by atoms with Crippen molar-refractivity contribution in [3.63, 3.8) is 0 Å². The van der Waals surface area contributed by atoms with Gasteiger partial charge in [0.1, 0.15) is 0 Å². The van der Waals surface area contributed by atoms with Crippen LogP contribution in [0.25, 0.3) is 11.1 Å². The summed E-state index contributed by atoms with van der Waals surface area (Å²) in [6, 6.07) is 4.33. The maximum atomic E-state index is 12.2. The van der Waals surface area contributed by atoms with E-state index in [-0.39, 0.29) is 22.5 Å². The molecule has 1 aromatic carbocycles. The summed E-state index contributed by atoms with van der Waals surface area (Å²) in [5, 5.41) is 9.19. The van der Waals surface area contributed by atoms with E-state index in [9.17, 15) is 18.3 Å². The first-order valence-electron chi connectivity index (χ1n) is 6.64. The van der Waals surface area contributed by atoms with E-state index in [0.717, 1.165) is 0 Å². The van der Waals surface area contributed by atoms with Gasteiger partial charge in [0.05, 0.1) is 16.5 Å². The lowest BCUT2D eigenvalue weighted by Crippen LogP contribution is -2.38. The third-order valence-corrected chi connectivity index (χ3v) is 5.27. The highest BCUT2D eigenvalue weighted by Gasteiger charge is 2.28. The van der Waals surface area contributed by atoms with Gasteiger partial charge in [-0.2, -0.15) is 0 Å². The van der Waals surface area contributed by atoms with E-state index in [0.29, 0.717) is 24.9 Å². The summed E-state index contributed by atoms with van der Waals surface area (Å²) in [5.41, 5.74) is 0.783. The number of fused-ring (bicyclic) bond motifs is 1. The second-order valence-corrected chi connectivity index (χ2v) is 7.17. The molecule has 1 aromatic heterocycles. The van der Waals surface area contributed by atoms with Crippen LogP contribution in [0.1, 0.15) is 12.8 Å². The number of aromatic nitrogens is 1. The quantitative estimate of drug-likeness (QED) is 0.838. The summed E-state index contributed by atoms with van der Waals surface area (Å²) in [7, 11) is -2.09. The van der Waals surface area contributed by atoms with Gasteiger partial charge in [0.25, 0.3) is 0 Å². The van der Waals surface area contributed by atoms with E-state index in [1.165, 1.54) is 16.7 Å². The Labute approximate surface area is 121 Å². The van der Waals surface area contributed by atoms with Crippen LogP contribution < -0.4 is 10.5 Å². The van der Waals surface area contributed by atoms with Crippen LogP contribution in [0.15, 0.2) is 32.3 Å². The van der Waals surface area contributed by atoms with Gasteiger partial charge >= 0.3 is 5.76 Å². The highest BCUT2D eigenvalue weighted by atomic mass is 32.2. The van der Waals surface area contributed by atoms with E-state index < -0.39 is 15.8 Å². The van der Waals surface area contributed by atoms with E-state index in [2.05, 4.69) is 4.72 Å². The Morgan fingerprint density at radius 3 is 2.81 bits per heavy atom. The SMILES string of the molecule is Cn1c(=O)oc2cc(S(=O)(=O)NCC3CC(O)C3)ccc21. The molecule has 1 heterocycles. The monoisotopic (exact) mass is 312 g/mol. The van der Waals surface area contributed by atoms with E-state index in [1.54, 1.807) is 13.1 Å². The molecule has 21 heavy (non-hydrogen) atoms. The zero-order valence-corrected chi connectivity index (χ0v) is 12.3. The number of aryl methyl sites for hydroxylation is 1. The summed E-state index contributed by atoms with van der Waals surface area (Å²) in [6.45, 7) is 0.302. The number of hydrogen-bond acceptors (Lipinski definition) is 5. The summed E-state index contributed by atoms with van der Waals surface area (Å²) >= 11 is 0. The van der Waals surface area contributed by atoms with Crippen LogP contribution in [0, 0.1) is 5.92 Å². The van der Waals surface area contributed by atoms with Gasteiger partial charge in [0.15, 0.2) is 5.58 Å². The van der Waals surface area contributed by atoms with Crippen molar-refractivity contribution in [2.24, 2.45) is 13.0 Å². The predicted molar refractivity (Wildman–Crippen MR) is 75.4 cm³/mol. The summed E-state index contributed by atoms with van der Waals surface area (Å²) in [4.78, 5) is 11.5. The lowest BCUT2D eigenvalue weighted by molar-refractivity contribution is 0.0453. The fraction of sp³-hybridized carbons (Fsp3) is 0.462. The molecule has 1 fully saturated rings. The third-order valence-electron chi connectivity index (χ3n) is 3.85. The minimum Gasteiger partial charge on any atom is -0.408 e. The second kappa shape index (κ2) is 4.97. The first-order chi connectivity index (χ1) is 9.87. The van der Waals surface area contributed by atoms with Crippen molar-refractivity contribution in [2.75, 3.05) is 6.54 Å². The van der Waals surface area contributed by atoms with Crippen LogP contribution >= 0.6 is 0 Å². The maximum Gasteiger partial charge on any atom is 0.419 e. The van der Waals surface area contributed by atoms with Crippen LogP contribution in [-0.4, -0.2) is 30.7 Å². The van der Waals surface area contributed by atoms with Crippen molar-refractivity contribution in [1.82, 2.24) is 9.29 Å². The van der Waals surface area contributed by atoms with Crippen LogP contribution in [0.2, 0.25) is 0 Å². The normalized spacial score (nSPS) is 22.4. The highest BCUT2D eigenvalue weighted by Crippen LogP contribution is 2.27. The number of benzene rings is 1. The molecule has 0 radical (unpaired) electrons. The first-order valence-corrected chi connectivity index (χ1v) is 8.12. The minimum absolute atomic E-state index is 0.0595. The number of sulfonamides is 1. The summed E-state index contributed by atoms with van der Waals surface area (Å²) in [5.74, 6) is -0.357. The van der Waals surface area contributed by atoms with E-state index in [1.807, 2.05) is 0 Å². The van der Waals surface area contributed by atoms with Gasteiger partial charge in [-0.3, -0.25) is 4.57 Å². The molecule has 1 saturated carbocycles. The zero-order valence-electron chi connectivity index (χ0n) is 11.4. The van der Waals surface area contributed by atoms with E-state index >= 15 is 0 Å². The van der Waals surface area contributed by atoms with Crippen molar-refractivity contribution in [3.8, 4) is 0 Å². The smallest absolute Gasteiger partial charge is 0.408 e. The largest absolute Gasteiger partial charge is 0.419 e. The average Bonchev–Trinajstić information content (AvgIpc) is 2.68. The fourth-order valence-corrected chi connectivity index (χ4v) is 3.59. The number of nitrogens with zero attached hydrogens (tertiary/aromatic N) is 1. The van der Waals surface area contributed by atoms with Crippen molar-refractivity contribution >= 4 is 21.1 Å². The molecule has 0 spiro atoms. The molecule has 1 aliphatic carbocycles. The molecule has 114 valence electrons. The summed E-state index contributed by atoms with van der Waals surface area (Å²) < 4.78 is 33.2.